The van der Waals surface area contributed by atoms with Crippen LogP contribution in [0.1, 0.15) is 24.8 Å². The van der Waals surface area contributed by atoms with Crippen molar-refractivity contribution in [1.82, 2.24) is 9.88 Å². The van der Waals surface area contributed by atoms with Gasteiger partial charge >= 0.3 is 0 Å². The summed E-state index contributed by atoms with van der Waals surface area (Å²) < 4.78 is 10.8. The fourth-order valence-electron chi connectivity index (χ4n) is 3.94. The highest BCUT2D eigenvalue weighted by Crippen LogP contribution is 2.33. The summed E-state index contributed by atoms with van der Waals surface area (Å²) in [5, 5.41) is 22.5. The van der Waals surface area contributed by atoms with E-state index in [4.69, 9.17) is 9.47 Å². The molecule has 30 heavy (non-hydrogen) atoms. The lowest BCUT2D eigenvalue weighted by atomic mass is 9.85. The van der Waals surface area contributed by atoms with Crippen molar-refractivity contribution in [3.05, 3.63) is 66.4 Å². The van der Waals surface area contributed by atoms with Gasteiger partial charge in [-0.05, 0) is 37.1 Å². The number of hydrogen-bond acceptors (Lipinski definition) is 6. The highest BCUT2D eigenvalue weighted by atomic mass is 16.6. The number of rotatable bonds is 7. The number of benzene rings is 2. The zero-order valence-electron chi connectivity index (χ0n) is 17.2. The molecule has 158 valence electrons. The molecule has 2 heterocycles. The Morgan fingerprint density at radius 3 is 2.63 bits per heavy atom. The first-order chi connectivity index (χ1) is 14.6. The zero-order valence-corrected chi connectivity index (χ0v) is 17.2. The molecule has 3 aromatic rings. The predicted octanol–water partition coefficient (Wildman–Crippen LogP) is 3.31. The Bertz CT molecular complexity index is 986. The average Bonchev–Trinajstić information content (AvgIpc) is 2.78. The summed E-state index contributed by atoms with van der Waals surface area (Å²) in [5.74, 6) is 1.27. The summed E-state index contributed by atoms with van der Waals surface area (Å²) in [6.45, 7) is 2.22. The first-order valence-corrected chi connectivity index (χ1v) is 10.3. The fraction of sp³-hybridized carbons (Fsp3) is 0.375. The van der Waals surface area contributed by atoms with Gasteiger partial charge in [-0.25, -0.2) is 0 Å². The third-order valence-corrected chi connectivity index (χ3v) is 5.82. The van der Waals surface area contributed by atoms with Gasteiger partial charge in [0.1, 0.15) is 11.5 Å². The van der Waals surface area contributed by atoms with Gasteiger partial charge in [0.2, 0.25) is 0 Å². The highest BCUT2D eigenvalue weighted by molar-refractivity contribution is 5.78. The summed E-state index contributed by atoms with van der Waals surface area (Å²) in [6, 6.07) is 17.2. The normalized spacial score (nSPS) is 17.6. The molecule has 1 aliphatic heterocycles. The molecular formula is C24H28N2O4. The SMILES string of the molecule is COc1cccc(OC(O)CCN2CCC(O)(c3cnc4ccccc4c3)CC2)c1. The molecule has 1 aromatic heterocycles. The number of nitrogens with zero attached hydrogens (tertiary/aromatic N) is 2. The monoisotopic (exact) mass is 408 g/mol. The van der Waals surface area contributed by atoms with Gasteiger partial charge < -0.3 is 24.6 Å². The van der Waals surface area contributed by atoms with Crippen molar-refractivity contribution < 1.29 is 19.7 Å². The maximum Gasteiger partial charge on any atom is 0.198 e. The summed E-state index contributed by atoms with van der Waals surface area (Å²) in [6.07, 6.45) is 2.68. The number of aliphatic hydroxyl groups is 2. The van der Waals surface area contributed by atoms with Crippen molar-refractivity contribution in [2.75, 3.05) is 26.7 Å². The van der Waals surface area contributed by atoms with Crippen molar-refractivity contribution in [1.29, 1.82) is 0 Å². The summed E-state index contributed by atoms with van der Waals surface area (Å²) in [7, 11) is 1.60. The van der Waals surface area contributed by atoms with Gasteiger partial charge in [0, 0.05) is 49.3 Å². The third-order valence-electron chi connectivity index (χ3n) is 5.82. The van der Waals surface area contributed by atoms with Crippen LogP contribution in [0.5, 0.6) is 11.5 Å². The second-order valence-corrected chi connectivity index (χ2v) is 7.83. The van der Waals surface area contributed by atoms with E-state index in [1.165, 1.54) is 0 Å². The number of fused-ring (bicyclic) bond motifs is 1. The van der Waals surface area contributed by atoms with Gasteiger partial charge in [-0.2, -0.15) is 0 Å². The van der Waals surface area contributed by atoms with E-state index in [0.29, 0.717) is 37.3 Å². The number of aliphatic hydroxyl groups excluding tert-OH is 1. The molecule has 0 bridgehead atoms. The van der Waals surface area contributed by atoms with Crippen LogP contribution in [0.4, 0.5) is 0 Å². The molecule has 0 spiro atoms. The molecule has 0 saturated carbocycles. The van der Waals surface area contributed by atoms with E-state index in [-0.39, 0.29) is 0 Å². The Kier molecular flexibility index (Phi) is 6.18. The van der Waals surface area contributed by atoms with Gasteiger partial charge in [-0.15, -0.1) is 0 Å². The number of pyridine rings is 1. The molecule has 1 saturated heterocycles. The Morgan fingerprint density at radius 2 is 1.83 bits per heavy atom. The molecule has 1 unspecified atom stereocenters. The van der Waals surface area contributed by atoms with E-state index < -0.39 is 11.9 Å². The maximum atomic E-state index is 11.2. The minimum atomic E-state index is -0.886. The number of likely N-dealkylation sites (tertiary alicyclic amines) is 1. The summed E-state index contributed by atoms with van der Waals surface area (Å²) in [5.41, 5.74) is 0.957. The van der Waals surface area contributed by atoms with Crippen molar-refractivity contribution in [2.45, 2.75) is 31.2 Å². The number of methoxy groups -OCH3 is 1. The van der Waals surface area contributed by atoms with Gasteiger partial charge in [-0.1, -0.05) is 24.3 Å². The largest absolute Gasteiger partial charge is 0.497 e. The lowest BCUT2D eigenvalue weighted by Gasteiger charge is -2.38. The van der Waals surface area contributed by atoms with E-state index in [1.54, 1.807) is 25.4 Å². The van der Waals surface area contributed by atoms with E-state index >= 15 is 0 Å². The number of hydrogen-bond donors (Lipinski definition) is 2. The van der Waals surface area contributed by atoms with Gasteiger partial charge in [0.05, 0.1) is 18.2 Å². The van der Waals surface area contributed by atoms with E-state index in [0.717, 1.165) is 29.6 Å². The second kappa shape index (κ2) is 9.00. The molecule has 6 heteroatoms. The number of para-hydroxylation sites is 1. The van der Waals surface area contributed by atoms with Gasteiger partial charge in [0.15, 0.2) is 6.29 Å². The molecule has 6 nitrogen and oxygen atoms in total. The summed E-state index contributed by atoms with van der Waals surface area (Å²) >= 11 is 0. The van der Waals surface area contributed by atoms with Crippen LogP contribution >= 0.6 is 0 Å². The van der Waals surface area contributed by atoms with Crippen LogP contribution in [0, 0.1) is 0 Å². The number of piperidine rings is 1. The lowest BCUT2D eigenvalue weighted by Crippen LogP contribution is -2.43. The van der Waals surface area contributed by atoms with Crippen molar-refractivity contribution in [3.8, 4) is 11.5 Å². The Labute approximate surface area is 176 Å². The van der Waals surface area contributed by atoms with Crippen LogP contribution in [0.2, 0.25) is 0 Å². The predicted molar refractivity (Wildman–Crippen MR) is 116 cm³/mol. The molecule has 0 aliphatic carbocycles. The van der Waals surface area contributed by atoms with Gasteiger partial charge in [0.25, 0.3) is 0 Å². The highest BCUT2D eigenvalue weighted by Gasteiger charge is 2.34. The molecule has 1 aliphatic rings. The van der Waals surface area contributed by atoms with Crippen LogP contribution in [0.25, 0.3) is 10.9 Å². The quantitative estimate of drug-likeness (QED) is 0.584. The standard InChI is InChI=1S/C24H28N2O4/c1-29-20-6-4-7-21(16-20)30-23(27)9-12-26-13-10-24(28,11-14-26)19-15-18-5-2-3-8-22(18)25-17-19/h2-8,15-17,23,27-28H,9-14H2,1H3. The molecule has 2 aromatic carbocycles. The fourth-order valence-corrected chi connectivity index (χ4v) is 3.94. The third kappa shape index (κ3) is 4.73. The number of ether oxygens (including phenoxy) is 2. The second-order valence-electron chi connectivity index (χ2n) is 7.83. The Hall–Kier alpha value is -2.67. The first kappa shape index (κ1) is 20.6. The summed E-state index contributed by atoms with van der Waals surface area (Å²) in [4.78, 5) is 6.75. The number of aromatic nitrogens is 1. The van der Waals surface area contributed by atoms with Crippen LogP contribution in [-0.2, 0) is 5.60 Å². The lowest BCUT2D eigenvalue weighted by molar-refractivity contribution is -0.0477. The average molecular weight is 408 g/mol. The maximum absolute atomic E-state index is 11.2. The molecular weight excluding hydrogens is 380 g/mol. The topological polar surface area (TPSA) is 75.0 Å². The minimum absolute atomic E-state index is 0.493. The van der Waals surface area contributed by atoms with Gasteiger partial charge in [-0.3, -0.25) is 4.98 Å². The smallest absolute Gasteiger partial charge is 0.198 e. The molecule has 0 amide bonds. The van der Waals surface area contributed by atoms with E-state index in [1.807, 2.05) is 42.5 Å². The van der Waals surface area contributed by atoms with Crippen molar-refractivity contribution in [3.63, 3.8) is 0 Å². The van der Waals surface area contributed by atoms with Crippen LogP contribution in [0.3, 0.4) is 0 Å². The molecule has 4 rings (SSSR count). The van der Waals surface area contributed by atoms with Crippen molar-refractivity contribution in [2.24, 2.45) is 0 Å². The van der Waals surface area contributed by atoms with Crippen LogP contribution in [0.15, 0.2) is 60.8 Å². The molecule has 2 N–H and O–H groups in total. The van der Waals surface area contributed by atoms with E-state index in [9.17, 15) is 10.2 Å². The minimum Gasteiger partial charge on any atom is -0.497 e. The van der Waals surface area contributed by atoms with Crippen LogP contribution < -0.4 is 9.47 Å². The molecule has 1 atom stereocenters. The van der Waals surface area contributed by atoms with Crippen molar-refractivity contribution >= 4 is 10.9 Å². The van der Waals surface area contributed by atoms with Crippen LogP contribution in [-0.4, -0.2) is 53.1 Å². The first-order valence-electron chi connectivity index (χ1n) is 10.3. The Morgan fingerprint density at radius 1 is 1.07 bits per heavy atom. The van der Waals surface area contributed by atoms with E-state index in [2.05, 4.69) is 9.88 Å². The molecule has 1 fully saturated rings. The molecule has 0 radical (unpaired) electrons. The Balaban J connectivity index is 1.29. The zero-order chi connectivity index (χ0) is 21.0.